The summed E-state index contributed by atoms with van der Waals surface area (Å²) in [4.78, 5) is 2.46. The third-order valence-electron chi connectivity index (χ3n) is 3.28. The van der Waals surface area contributed by atoms with Crippen LogP contribution in [0.25, 0.3) is 0 Å². The monoisotopic (exact) mass is 214 g/mol. The van der Waals surface area contributed by atoms with Crippen molar-refractivity contribution < 1.29 is 4.74 Å². The minimum atomic E-state index is 0.433. The van der Waals surface area contributed by atoms with Crippen molar-refractivity contribution in [3.63, 3.8) is 0 Å². The van der Waals surface area contributed by atoms with Gasteiger partial charge in [0.25, 0.3) is 0 Å². The van der Waals surface area contributed by atoms with Gasteiger partial charge in [-0.3, -0.25) is 0 Å². The first-order valence-electron chi connectivity index (χ1n) is 6.28. The molecule has 0 radical (unpaired) electrons. The van der Waals surface area contributed by atoms with E-state index in [-0.39, 0.29) is 0 Å². The van der Waals surface area contributed by atoms with Crippen LogP contribution >= 0.6 is 0 Å². The maximum atomic E-state index is 5.85. The number of likely N-dealkylation sites (tertiary alicyclic amines) is 1. The molecule has 3 heteroatoms. The van der Waals surface area contributed by atoms with Crippen molar-refractivity contribution in [1.29, 1.82) is 0 Å². The Morgan fingerprint density at radius 2 is 2.07 bits per heavy atom. The van der Waals surface area contributed by atoms with Crippen molar-refractivity contribution in [3.8, 4) is 0 Å². The van der Waals surface area contributed by atoms with Crippen molar-refractivity contribution in [1.82, 2.24) is 4.90 Å². The number of hydrogen-bond acceptors (Lipinski definition) is 3. The van der Waals surface area contributed by atoms with Crippen LogP contribution in [0, 0.1) is 5.92 Å². The SMILES string of the molecule is CCC(C)COCCN1CCC(N)CC1. The molecule has 0 saturated carbocycles. The minimum absolute atomic E-state index is 0.433. The molecule has 1 aliphatic heterocycles. The summed E-state index contributed by atoms with van der Waals surface area (Å²) < 4.78 is 5.64. The Labute approximate surface area is 94.0 Å². The molecular weight excluding hydrogens is 188 g/mol. The van der Waals surface area contributed by atoms with Crippen LogP contribution in [0.1, 0.15) is 33.1 Å². The average molecular weight is 214 g/mol. The highest BCUT2D eigenvalue weighted by molar-refractivity contribution is 4.73. The molecule has 0 aromatic heterocycles. The first kappa shape index (κ1) is 12.9. The van der Waals surface area contributed by atoms with Gasteiger partial charge >= 0.3 is 0 Å². The lowest BCUT2D eigenvalue weighted by molar-refractivity contribution is 0.0740. The van der Waals surface area contributed by atoms with Gasteiger partial charge in [0, 0.05) is 19.2 Å². The van der Waals surface area contributed by atoms with Crippen molar-refractivity contribution >= 4 is 0 Å². The maximum Gasteiger partial charge on any atom is 0.0593 e. The molecule has 0 bridgehead atoms. The fourth-order valence-corrected chi connectivity index (χ4v) is 1.77. The number of hydrogen-bond donors (Lipinski definition) is 1. The second-order valence-electron chi connectivity index (χ2n) is 4.77. The highest BCUT2D eigenvalue weighted by Gasteiger charge is 2.15. The smallest absolute Gasteiger partial charge is 0.0593 e. The Balaban J connectivity index is 1.96. The van der Waals surface area contributed by atoms with E-state index in [4.69, 9.17) is 10.5 Å². The van der Waals surface area contributed by atoms with Crippen LogP contribution in [0.5, 0.6) is 0 Å². The molecular formula is C12H26N2O. The van der Waals surface area contributed by atoms with Gasteiger partial charge in [-0.05, 0) is 31.8 Å². The van der Waals surface area contributed by atoms with Crippen LogP contribution in [0.3, 0.4) is 0 Å². The van der Waals surface area contributed by atoms with Crippen molar-refractivity contribution in [2.45, 2.75) is 39.2 Å². The van der Waals surface area contributed by atoms with Gasteiger partial charge in [0.2, 0.25) is 0 Å². The second kappa shape index (κ2) is 7.20. The highest BCUT2D eigenvalue weighted by atomic mass is 16.5. The van der Waals surface area contributed by atoms with Gasteiger partial charge in [-0.15, -0.1) is 0 Å². The molecule has 1 saturated heterocycles. The third kappa shape index (κ3) is 5.50. The fourth-order valence-electron chi connectivity index (χ4n) is 1.77. The molecule has 0 spiro atoms. The molecule has 1 aliphatic rings. The Hall–Kier alpha value is -0.120. The van der Waals surface area contributed by atoms with Gasteiger partial charge < -0.3 is 15.4 Å². The molecule has 1 unspecified atom stereocenters. The summed E-state index contributed by atoms with van der Waals surface area (Å²) in [6.07, 6.45) is 3.50. The largest absolute Gasteiger partial charge is 0.380 e. The second-order valence-corrected chi connectivity index (χ2v) is 4.77. The quantitative estimate of drug-likeness (QED) is 0.681. The van der Waals surface area contributed by atoms with E-state index < -0.39 is 0 Å². The predicted octanol–water partition coefficient (Wildman–Crippen LogP) is 1.47. The molecule has 90 valence electrons. The summed E-state index contributed by atoms with van der Waals surface area (Å²) in [5.41, 5.74) is 5.85. The molecule has 1 fully saturated rings. The van der Waals surface area contributed by atoms with Gasteiger partial charge in [0.05, 0.1) is 6.61 Å². The molecule has 1 atom stereocenters. The highest BCUT2D eigenvalue weighted by Crippen LogP contribution is 2.07. The summed E-state index contributed by atoms with van der Waals surface area (Å²) in [6, 6.07) is 0.433. The van der Waals surface area contributed by atoms with E-state index in [0.29, 0.717) is 12.0 Å². The van der Waals surface area contributed by atoms with E-state index in [1.165, 1.54) is 6.42 Å². The molecule has 0 aromatic carbocycles. The number of piperidine rings is 1. The zero-order valence-corrected chi connectivity index (χ0v) is 10.2. The minimum Gasteiger partial charge on any atom is -0.380 e. The number of rotatable bonds is 6. The molecule has 0 aliphatic carbocycles. The summed E-state index contributed by atoms with van der Waals surface area (Å²) in [5.74, 6) is 0.694. The van der Waals surface area contributed by atoms with E-state index in [9.17, 15) is 0 Å². The van der Waals surface area contributed by atoms with Crippen LogP contribution in [-0.2, 0) is 4.74 Å². The van der Waals surface area contributed by atoms with Gasteiger partial charge in [0.1, 0.15) is 0 Å². The summed E-state index contributed by atoms with van der Waals surface area (Å²) in [7, 11) is 0. The molecule has 15 heavy (non-hydrogen) atoms. The van der Waals surface area contributed by atoms with Crippen molar-refractivity contribution in [2.24, 2.45) is 11.7 Å². The lowest BCUT2D eigenvalue weighted by Gasteiger charge is -2.29. The van der Waals surface area contributed by atoms with Crippen molar-refractivity contribution in [3.05, 3.63) is 0 Å². The zero-order valence-electron chi connectivity index (χ0n) is 10.2. The van der Waals surface area contributed by atoms with E-state index in [1.807, 2.05) is 0 Å². The summed E-state index contributed by atoms with van der Waals surface area (Å²) >= 11 is 0. The third-order valence-corrected chi connectivity index (χ3v) is 3.28. The lowest BCUT2D eigenvalue weighted by Crippen LogP contribution is -2.41. The van der Waals surface area contributed by atoms with Crippen LogP contribution < -0.4 is 5.73 Å². The summed E-state index contributed by atoms with van der Waals surface area (Å²) in [5, 5.41) is 0. The topological polar surface area (TPSA) is 38.5 Å². The van der Waals surface area contributed by atoms with Gasteiger partial charge in [-0.2, -0.15) is 0 Å². The van der Waals surface area contributed by atoms with Gasteiger partial charge in [0.15, 0.2) is 0 Å². The fraction of sp³-hybridized carbons (Fsp3) is 1.00. The molecule has 0 aromatic rings. The zero-order chi connectivity index (χ0) is 11.1. The number of ether oxygens (including phenoxy) is 1. The molecule has 1 rings (SSSR count). The van der Waals surface area contributed by atoms with E-state index in [0.717, 1.165) is 45.7 Å². The van der Waals surface area contributed by atoms with Crippen LogP contribution in [0.2, 0.25) is 0 Å². The first-order valence-corrected chi connectivity index (χ1v) is 6.28. The van der Waals surface area contributed by atoms with Gasteiger partial charge in [-0.25, -0.2) is 0 Å². The Kier molecular flexibility index (Phi) is 6.22. The van der Waals surface area contributed by atoms with Gasteiger partial charge in [-0.1, -0.05) is 20.3 Å². The normalized spacial score (nSPS) is 21.8. The maximum absolute atomic E-state index is 5.85. The van der Waals surface area contributed by atoms with Crippen molar-refractivity contribution in [2.75, 3.05) is 32.8 Å². The molecule has 0 amide bonds. The van der Waals surface area contributed by atoms with E-state index in [2.05, 4.69) is 18.7 Å². The average Bonchev–Trinajstić information content (AvgIpc) is 2.26. The molecule has 1 heterocycles. The molecule has 2 N–H and O–H groups in total. The van der Waals surface area contributed by atoms with Crippen LogP contribution in [0.4, 0.5) is 0 Å². The Morgan fingerprint density at radius 1 is 1.40 bits per heavy atom. The van der Waals surface area contributed by atoms with E-state index >= 15 is 0 Å². The standard InChI is InChI=1S/C12H26N2O/c1-3-11(2)10-15-9-8-14-6-4-12(13)5-7-14/h11-12H,3-10,13H2,1-2H3. The Bertz CT molecular complexity index is 156. The van der Waals surface area contributed by atoms with Crippen LogP contribution in [-0.4, -0.2) is 43.8 Å². The Morgan fingerprint density at radius 3 is 2.67 bits per heavy atom. The predicted molar refractivity (Wildman–Crippen MR) is 63.9 cm³/mol. The lowest BCUT2D eigenvalue weighted by atomic mass is 10.1. The number of nitrogens with zero attached hydrogens (tertiary/aromatic N) is 1. The van der Waals surface area contributed by atoms with E-state index in [1.54, 1.807) is 0 Å². The molecule has 3 nitrogen and oxygen atoms in total. The van der Waals surface area contributed by atoms with Crippen LogP contribution in [0.15, 0.2) is 0 Å². The number of nitrogens with two attached hydrogens (primary N) is 1. The summed E-state index contributed by atoms with van der Waals surface area (Å²) in [6.45, 7) is 9.59. The first-order chi connectivity index (χ1) is 7.22.